The molecule has 0 saturated heterocycles. The zero-order valence-electron chi connectivity index (χ0n) is 7.89. The first-order valence-electron chi connectivity index (χ1n) is 5.01. The minimum atomic E-state index is 0.164. The van der Waals surface area contributed by atoms with Gasteiger partial charge in [-0.3, -0.25) is 0 Å². The van der Waals surface area contributed by atoms with Crippen LogP contribution in [0.5, 0.6) is 0 Å². The highest BCUT2D eigenvalue weighted by Crippen LogP contribution is 2.57. The summed E-state index contributed by atoms with van der Waals surface area (Å²) in [6, 6.07) is 6.13. The lowest BCUT2D eigenvalue weighted by Gasteiger charge is -2.32. The summed E-state index contributed by atoms with van der Waals surface area (Å²) in [5, 5.41) is 4.19. The van der Waals surface area contributed by atoms with Crippen molar-refractivity contribution in [2.24, 2.45) is 11.1 Å². The van der Waals surface area contributed by atoms with Crippen LogP contribution in [-0.2, 0) is 0 Å². The van der Waals surface area contributed by atoms with E-state index in [1.807, 2.05) is 12.1 Å². The van der Waals surface area contributed by atoms with Gasteiger partial charge in [0.25, 0.3) is 0 Å². The summed E-state index contributed by atoms with van der Waals surface area (Å²) >= 11 is 6.10. The van der Waals surface area contributed by atoms with Crippen molar-refractivity contribution < 1.29 is 0 Å². The van der Waals surface area contributed by atoms with Gasteiger partial charge in [0.2, 0.25) is 0 Å². The second-order valence-electron chi connectivity index (χ2n) is 4.40. The highest BCUT2D eigenvalue weighted by molar-refractivity contribution is 6.33. The zero-order valence-corrected chi connectivity index (χ0v) is 8.64. The number of para-hydroxylation sites is 1. The van der Waals surface area contributed by atoms with Crippen LogP contribution in [0, 0.1) is 5.41 Å². The molecular formula is C11H13ClN2. The molecule has 3 N–H and O–H groups in total. The van der Waals surface area contributed by atoms with Gasteiger partial charge in [0.05, 0.1) is 10.7 Å². The van der Waals surface area contributed by atoms with E-state index in [9.17, 15) is 0 Å². The van der Waals surface area contributed by atoms with Crippen molar-refractivity contribution in [2.75, 3.05) is 11.9 Å². The number of nitrogens with one attached hydrogen (secondary N) is 1. The molecule has 1 fully saturated rings. The molecule has 1 saturated carbocycles. The molecular weight excluding hydrogens is 196 g/mol. The number of anilines is 1. The summed E-state index contributed by atoms with van der Waals surface area (Å²) in [6.45, 7) is 0.977. The van der Waals surface area contributed by atoms with E-state index in [1.165, 1.54) is 18.4 Å². The van der Waals surface area contributed by atoms with Crippen LogP contribution in [0.15, 0.2) is 18.2 Å². The van der Waals surface area contributed by atoms with Crippen molar-refractivity contribution >= 4 is 17.3 Å². The average molecular weight is 209 g/mol. The van der Waals surface area contributed by atoms with Gasteiger partial charge < -0.3 is 11.1 Å². The minimum absolute atomic E-state index is 0.164. The van der Waals surface area contributed by atoms with Crippen LogP contribution in [0.4, 0.5) is 5.69 Å². The Kier molecular flexibility index (Phi) is 1.62. The van der Waals surface area contributed by atoms with Gasteiger partial charge in [-0.15, -0.1) is 0 Å². The first-order chi connectivity index (χ1) is 6.73. The third-order valence-electron chi connectivity index (χ3n) is 3.55. The molecule has 74 valence electrons. The number of hydrogen-bond acceptors (Lipinski definition) is 2. The maximum atomic E-state index is 6.26. The van der Waals surface area contributed by atoms with E-state index in [2.05, 4.69) is 11.4 Å². The molecule has 2 nitrogen and oxygen atoms in total. The highest BCUT2D eigenvalue weighted by Gasteiger charge is 2.50. The molecule has 0 aromatic heterocycles. The quantitative estimate of drug-likeness (QED) is 0.688. The van der Waals surface area contributed by atoms with E-state index in [0.29, 0.717) is 5.41 Å². The molecule has 2 aliphatic rings. The van der Waals surface area contributed by atoms with Crippen molar-refractivity contribution in [1.29, 1.82) is 0 Å². The largest absolute Gasteiger partial charge is 0.383 e. The van der Waals surface area contributed by atoms with E-state index in [4.69, 9.17) is 17.3 Å². The Labute approximate surface area is 88.4 Å². The second kappa shape index (κ2) is 2.65. The Morgan fingerprint density at radius 1 is 1.43 bits per heavy atom. The third-order valence-corrected chi connectivity index (χ3v) is 3.87. The SMILES string of the molecule is NC1c2cccc(Cl)c2NCC12CC2. The Bertz CT molecular complexity index is 385. The predicted molar refractivity (Wildman–Crippen MR) is 58.5 cm³/mol. The maximum absolute atomic E-state index is 6.26. The molecule has 0 amide bonds. The Balaban J connectivity index is 2.11. The van der Waals surface area contributed by atoms with Crippen LogP contribution in [0.2, 0.25) is 5.02 Å². The monoisotopic (exact) mass is 208 g/mol. The molecule has 3 rings (SSSR count). The lowest BCUT2D eigenvalue weighted by molar-refractivity contribution is 0.418. The van der Waals surface area contributed by atoms with E-state index < -0.39 is 0 Å². The van der Waals surface area contributed by atoms with Crippen LogP contribution >= 0.6 is 11.6 Å². The van der Waals surface area contributed by atoms with E-state index >= 15 is 0 Å². The topological polar surface area (TPSA) is 38.0 Å². The van der Waals surface area contributed by atoms with Crippen LogP contribution in [0.25, 0.3) is 0 Å². The van der Waals surface area contributed by atoms with Crippen LogP contribution in [0.1, 0.15) is 24.4 Å². The number of hydrogen-bond donors (Lipinski definition) is 2. The van der Waals surface area contributed by atoms with Crippen molar-refractivity contribution in [3.63, 3.8) is 0 Å². The summed E-state index contributed by atoms with van der Waals surface area (Å²) in [4.78, 5) is 0. The van der Waals surface area contributed by atoms with Crippen LogP contribution in [0.3, 0.4) is 0 Å². The molecule has 1 spiro atoms. The van der Waals surface area contributed by atoms with Crippen LogP contribution in [-0.4, -0.2) is 6.54 Å². The summed E-state index contributed by atoms with van der Waals surface area (Å²) in [7, 11) is 0. The third kappa shape index (κ3) is 1.01. The summed E-state index contributed by atoms with van der Waals surface area (Å²) in [6.07, 6.45) is 2.49. The van der Waals surface area contributed by atoms with Gasteiger partial charge in [-0.25, -0.2) is 0 Å². The normalized spacial score (nSPS) is 26.9. The van der Waals surface area contributed by atoms with Crippen LogP contribution < -0.4 is 11.1 Å². The molecule has 3 heteroatoms. The molecule has 1 atom stereocenters. The summed E-state index contributed by atoms with van der Waals surface area (Å²) in [5.41, 5.74) is 8.81. The number of rotatable bonds is 0. The number of benzene rings is 1. The Hall–Kier alpha value is -0.730. The first kappa shape index (κ1) is 8.57. The number of nitrogens with two attached hydrogens (primary N) is 1. The number of fused-ring (bicyclic) bond motifs is 1. The van der Waals surface area contributed by atoms with Crippen molar-refractivity contribution in [1.82, 2.24) is 0 Å². The molecule has 1 aromatic rings. The fraction of sp³-hybridized carbons (Fsp3) is 0.455. The standard InChI is InChI=1S/C11H13ClN2/c12-8-3-1-2-7-9(8)14-6-11(4-5-11)10(7)13/h1-3,10,14H,4-6,13H2. The predicted octanol–water partition coefficient (Wildman–Crippen LogP) is 2.55. The second-order valence-corrected chi connectivity index (χ2v) is 4.80. The van der Waals surface area contributed by atoms with Gasteiger partial charge in [0.15, 0.2) is 0 Å². The van der Waals surface area contributed by atoms with Gasteiger partial charge in [-0.2, -0.15) is 0 Å². The van der Waals surface area contributed by atoms with Crippen molar-refractivity contribution in [3.05, 3.63) is 28.8 Å². The minimum Gasteiger partial charge on any atom is -0.383 e. The van der Waals surface area contributed by atoms with Gasteiger partial charge in [-0.1, -0.05) is 23.7 Å². The van der Waals surface area contributed by atoms with Crippen molar-refractivity contribution in [2.45, 2.75) is 18.9 Å². The Morgan fingerprint density at radius 2 is 2.21 bits per heavy atom. The molecule has 0 radical (unpaired) electrons. The van der Waals surface area contributed by atoms with Gasteiger partial charge >= 0.3 is 0 Å². The average Bonchev–Trinajstić information content (AvgIpc) is 2.94. The van der Waals surface area contributed by atoms with E-state index in [0.717, 1.165) is 17.3 Å². The van der Waals surface area contributed by atoms with Gasteiger partial charge in [-0.05, 0) is 24.5 Å². The summed E-state index contributed by atoms with van der Waals surface area (Å²) < 4.78 is 0. The molecule has 1 aliphatic heterocycles. The van der Waals surface area contributed by atoms with E-state index in [-0.39, 0.29) is 6.04 Å². The molecule has 1 unspecified atom stereocenters. The zero-order chi connectivity index (χ0) is 9.76. The number of halogens is 1. The van der Waals surface area contributed by atoms with Gasteiger partial charge in [0.1, 0.15) is 0 Å². The molecule has 0 bridgehead atoms. The molecule has 14 heavy (non-hydrogen) atoms. The summed E-state index contributed by atoms with van der Waals surface area (Å²) in [5.74, 6) is 0. The van der Waals surface area contributed by atoms with Gasteiger partial charge in [0, 0.05) is 18.0 Å². The van der Waals surface area contributed by atoms with Crippen molar-refractivity contribution in [3.8, 4) is 0 Å². The lowest BCUT2D eigenvalue weighted by atomic mass is 9.86. The highest BCUT2D eigenvalue weighted by atomic mass is 35.5. The smallest absolute Gasteiger partial charge is 0.0640 e. The molecule has 1 aromatic carbocycles. The fourth-order valence-electron chi connectivity index (χ4n) is 2.34. The fourth-order valence-corrected chi connectivity index (χ4v) is 2.59. The Morgan fingerprint density at radius 3 is 2.93 bits per heavy atom. The molecule has 1 aliphatic carbocycles. The maximum Gasteiger partial charge on any atom is 0.0640 e. The molecule has 1 heterocycles. The van der Waals surface area contributed by atoms with E-state index in [1.54, 1.807) is 0 Å². The lowest BCUT2D eigenvalue weighted by Crippen LogP contribution is -2.34. The first-order valence-corrected chi connectivity index (χ1v) is 5.39.